The second-order valence-corrected chi connectivity index (χ2v) is 7.46. The van der Waals surface area contributed by atoms with E-state index in [1.807, 2.05) is 38.1 Å². The Hall–Kier alpha value is -2.40. The SMILES string of the molecule is CCOc1ccc(NC(=S)N/N=C(/C)c2ccc(C(C)(C)C)cc2)cc1. The van der Waals surface area contributed by atoms with Gasteiger partial charge in [-0.1, -0.05) is 45.0 Å². The number of rotatable bonds is 5. The fourth-order valence-electron chi connectivity index (χ4n) is 2.37. The summed E-state index contributed by atoms with van der Waals surface area (Å²) in [5.74, 6) is 0.837. The Morgan fingerprint density at radius 1 is 1.04 bits per heavy atom. The lowest BCUT2D eigenvalue weighted by atomic mass is 9.86. The molecule has 0 saturated heterocycles. The average molecular weight is 370 g/mol. The molecule has 0 aromatic heterocycles. The molecule has 0 aliphatic heterocycles. The molecule has 0 heterocycles. The molecular weight excluding hydrogens is 342 g/mol. The van der Waals surface area contributed by atoms with Crippen molar-refractivity contribution in [2.75, 3.05) is 11.9 Å². The molecule has 5 heteroatoms. The van der Waals surface area contributed by atoms with Gasteiger partial charge in [-0.2, -0.15) is 5.10 Å². The van der Waals surface area contributed by atoms with Crippen LogP contribution in [0.1, 0.15) is 45.7 Å². The van der Waals surface area contributed by atoms with E-state index in [-0.39, 0.29) is 5.41 Å². The van der Waals surface area contributed by atoms with E-state index in [0.29, 0.717) is 11.7 Å². The van der Waals surface area contributed by atoms with Gasteiger partial charge in [-0.3, -0.25) is 5.43 Å². The Labute approximate surface area is 161 Å². The summed E-state index contributed by atoms with van der Waals surface area (Å²) < 4.78 is 5.42. The Bertz CT molecular complexity index is 759. The molecule has 26 heavy (non-hydrogen) atoms. The molecular formula is C21H27N3OS. The topological polar surface area (TPSA) is 45.6 Å². The highest BCUT2D eigenvalue weighted by molar-refractivity contribution is 7.80. The van der Waals surface area contributed by atoms with Crippen LogP contribution in [0.4, 0.5) is 5.69 Å². The first kappa shape index (κ1) is 19.9. The molecule has 2 rings (SSSR count). The Kier molecular flexibility index (Phi) is 6.75. The second-order valence-electron chi connectivity index (χ2n) is 7.05. The predicted octanol–water partition coefficient (Wildman–Crippen LogP) is 5.09. The van der Waals surface area contributed by atoms with Crippen molar-refractivity contribution in [3.05, 3.63) is 59.7 Å². The van der Waals surface area contributed by atoms with Crippen molar-refractivity contribution in [2.45, 2.75) is 40.0 Å². The van der Waals surface area contributed by atoms with E-state index in [2.05, 4.69) is 60.9 Å². The number of ether oxygens (including phenoxy) is 1. The molecule has 0 aliphatic rings. The lowest BCUT2D eigenvalue weighted by Gasteiger charge is -2.19. The highest BCUT2D eigenvalue weighted by Gasteiger charge is 2.13. The van der Waals surface area contributed by atoms with E-state index < -0.39 is 0 Å². The van der Waals surface area contributed by atoms with Crippen molar-refractivity contribution in [3.63, 3.8) is 0 Å². The Balaban J connectivity index is 1.94. The van der Waals surface area contributed by atoms with Crippen LogP contribution in [-0.4, -0.2) is 17.4 Å². The summed E-state index contributed by atoms with van der Waals surface area (Å²) in [5, 5.41) is 7.92. The fourth-order valence-corrected chi connectivity index (χ4v) is 2.53. The van der Waals surface area contributed by atoms with Gasteiger partial charge in [-0.05, 0) is 66.9 Å². The molecule has 138 valence electrons. The summed E-state index contributed by atoms with van der Waals surface area (Å²) in [6.07, 6.45) is 0. The lowest BCUT2D eigenvalue weighted by molar-refractivity contribution is 0.340. The highest BCUT2D eigenvalue weighted by Crippen LogP contribution is 2.22. The zero-order valence-corrected chi connectivity index (χ0v) is 16.9. The Morgan fingerprint density at radius 3 is 2.19 bits per heavy atom. The number of anilines is 1. The van der Waals surface area contributed by atoms with E-state index in [4.69, 9.17) is 17.0 Å². The summed E-state index contributed by atoms with van der Waals surface area (Å²) in [6, 6.07) is 16.1. The highest BCUT2D eigenvalue weighted by atomic mass is 32.1. The van der Waals surface area contributed by atoms with Gasteiger partial charge in [-0.25, -0.2) is 0 Å². The quantitative estimate of drug-likeness (QED) is 0.438. The first-order chi connectivity index (χ1) is 12.3. The molecule has 0 amide bonds. The van der Waals surface area contributed by atoms with Gasteiger partial charge in [0, 0.05) is 5.69 Å². The maximum atomic E-state index is 5.42. The minimum atomic E-state index is 0.144. The molecule has 0 unspecified atom stereocenters. The standard InChI is InChI=1S/C21H27N3OS/c1-6-25-19-13-11-18(12-14-19)22-20(26)24-23-15(2)16-7-9-17(10-8-16)21(3,4)5/h7-14H,6H2,1-5H3,(H2,22,24,26)/b23-15-. The van der Waals surface area contributed by atoms with Gasteiger partial charge in [0.15, 0.2) is 5.11 Å². The zero-order valence-electron chi connectivity index (χ0n) is 16.1. The van der Waals surface area contributed by atoms with Crippen molar-refractivity contribution in [1.82, 2.24) is 5.43 Å². The minimum Gasteiger partial charge on any atom is -0.494 e. The summed E-state index contributed by atoms with van der Waals surface area (Å²) in [4.78, 5) is 0. The molecule has 0 saturated carbocycles. The van der Waals surface area contributed by atoms with Crippen LogP contribution in [0.5, 0.6) is 5.75 Å². The van der Waals surface area contributed by atoms with Gasteiger partial charge < -0.3 is 10.1 Å². The number of hydrazone groups is 1. The van der Waals surface area contributed by atoms with Crippen molar-refractivity contribution < 1.29 is 4.74 Å². The van der Waals surface area contributed by atoms with Crippen molar-refractivity contribution in [3.8, 4) is 5.75 Å². The summed E-state index contributed by atoms with van der Waals surface area (Å²) in [6.45, 7) is 11.2. The van der Waals surface area contributed by atoms with Crippen LogP contribution in [0, 0.1) is 0 Å². The van der Waals surface area contributed by atoms with Gasteiger partial charge in [-0.15, -0.1) is 0 Å². The van der Waals surface area contributed by atoms with Crippen molar-refractivity contribution in [1.29, 1.82) is 0 Å². The number of nitrogens with zero attached hydrogens (tertiary/aromatic N) is 1. The molecule has 0 radical (unpaired) electrons. The van der Waals surface area contributed by atoms with Crippen LogP contribution in [0.15, 0.2) is 53.6 Å². The third kappa shape index (κ3) is 5.85. The van der Waals surface area contributed by atoms with Crippen LogP contribution in [0.3, 0.4) is 0 Å². The van der Waals surface area contributed by atoms with E-state index >= 15 is 0 Å². The molecule has 0 bridgehead atoms. The molecule has 2 aromatic rings. The number of hydrogen-bond acceptors (Lipinski definition) is 3. The summed E-state index contributed by atoms with van der Waals surface area (Å²) >= 11 is 5.30. The molecule has 0 fully saturated rings. The first-order valence-electron chi connectivity index (χ1n) is 8.74. The van der Waals surface area contributed by atoms with Gasteiger partial charge >= 0.3 is 0 Å². The average Bonchev–Trinajstić information content (AvgIpc) is 2.61. The monoisotopic (exact) mass is 369 g/mol. The van der Waals surface area contributed by atoms with Crippen molar-refractivity contribution >= 4 is 28.7 Å². The third-order valence-corrected chi connectivity index (χ3v) is 4.11. The predicted molar refractivity (Wildman–Crippen MR) is 114 cm³/mol. The van der Waals surface area contributed by atoms with Crippen LogP contribution < -0.4 is 15.5 Å². The van der Waals surface area contributed by atoms with Crippen molar-refractivity contribution in [2.24, 2.45) is 5.10 Å². The molecule has 0 aliphatic carbocycles. The van der Waals surface area contributed by atoms with E-state index in [1.165, 1.54) is 5.56 Å². The van der Waals surface area contributed by atoms with Gasteiger partial charge in [0.05, 0.1) is 12.3 Å². The number of benzene rings is 2. The number of hydrogen-bond donors (Lipinski definition) is 2. The largest absolute Gasteiger partial charge is 0.494 e. The number of thiocarbonyl (C=S) groups is 1. The molecule has 2 N–H and O–H groups in total. The summed E-state index contributed by atoms with van der Waals surface area (Å²) in [5.41, 5.74) is 7.16. The van der Waals surface area contributed by atoms with Gasteiger partial charge in [0.1, 0.15) is 5.75 Å². The second kappa shape index (κ2) is 8.81. The Morgan fingerprint density at radius 2 is 1.65 bits per heavy atom. The normalized spacial score (nSPS) is 11.8. The molecule has 4 nitrogen and oxygen atoms in total. The first-order valence-corrected chi connectivity index (χ1v) is 9.15. The maximum Gasteiger partial charge on any atom is 0.191 e. The summed E-state index contributed by atoms with van der Waals surface area (Å²) in [7, 11) is 0. The smallest absolute Gasteiger partial charge is 0.191 e. The third-order valence-electron chi connectivity index (χ3n) is 3.92. The lowest BCUT2D eigenvalue weighted by Crippen LogP contribution is -2.25. The van der Waals surface area contributed by atoms with Crippen LogP contribution in [-0.2, 0) is 5.41 Å². The zero-order chi connectivity index (χ0) is 19.2. The van der Waals surface area contributed by atoms with Crippen LogP contribution in [0.25, 0.3) is 0 Å². The fraction of sp³-hybridized carbons (Fsp3) is 0.333. The maximum absolute atomic E-state index is 5.42. The molecule has 0 spiro atoms. The van der Waals surface area contributed by atoms with Gasteiger partial charge in [0.25, 0.3) is 0 Å². The van der Waals surface area contributed by atoms with Crippen LogP contribution >= 0.6 is 12.2 Å². The van der Waals surface area contributed by atoms with E-state index in [0.717, 1.165) is 22.7 Å². The number of nitrogens with one attached hydrogen (secondary N) is 2. The van der Waals surface area contributed by atoms with Crippen LogP contribution in [0.2, 0.25) is 0 Å². The van der Waals surface area contributed by atoms with E-state index in [9.17, 15) is 0 Å². The molecule has 2 aromatic carbocycles. The molecule has 0 atom stereocenters. The minimum absolute atomic E-state index is 0.144. The van der Waals surface area contributed by atoms with Gasteiger partial charge in [0.2, 0.25) is 0 Å². The van der Waals surface area contributed by atoms with E-state index in [1.54, 1.807) is 0 Å².